The molecule has 0 radical (unpaired) electrons. The number of nitrogens with zero attached hydrogens (tertiary/aromatic N) is 1. The number of hydrogen-bond acceptors (Lipinski definition) is 2. The quantitative estimate of drug-likeness (QED) is 0.915. The smallest absolute Gasteiger partial charge is 0.308 e. The molecule has 0 bridgehead atoms. The number of aliphatic carboxylic acids is 1. The first kappa shape index (κ1) is 15.4. The number of aromatic nitrogens is 2. The van der Waals surface area contributed by atoms with E-state index in [0.717, 1.165) is 0 Å². The molecule has 0 saturated heterocycles. The van der Waals surface area contributed by atoms with Crippen LogP contribution in [0.25, 0.3) is 5.69 Å². The van der Waals surface area contributed by atoms with Gasteiger partial charge in [0.15, 0.2) is 0 Å². The molecule has 0 aliphatic heterocycles. The van der Waals surface area contributed by atoms with Gasteiger partial charge >= 0.3 is 5.97 Å². The normalized spacial score (nSPS) is 11.6. The molecule has 2 rings (SSSR count). The van der Waals surface area contributed by atoms with Crippen LogP contribution in [-0.4, -0.2) is 20.9 Å². The number of H-pyrrole nitrogens is 1. The Balaban J connectivity index is 2.71. The van der Waals surface area contributed by atoms with Gasteiger partial charge in [0.05, 0.1) is 22.7 Å². The van der Waals surface area contributed by atoms with Crippen LogP contribution in [0.3, 0.4) is 0 Å². The minimum absolute atomic E-state index is 0.259. The molecule has 0 spiro atoms. The van der Waals surface area contributed by atoms with Crippen LogP contribution < -0.4 is 5.56 Å². The van der Waals surface area contributed by atoms with Gasteiger partial charge in [-0.15, -0.1) is 0 Å². The highest BCUT2D eigenvalue weighted by Crippen LogP contribution is 2.25. The van der Waals surface area contributed by atoms with Crippen molar-refractivity contribution >= 4 is 17.6 Å². The Bertz CT molecular complexity index is 738. The lowest BCUT2D eigenvalue weighted by Crippen LogP contribution is -2.21. The van der Waals surface area contributed by atoms with Crippen LogP contribution in [0.1, 0.15) is 32.0 Å². The molecule has 0 amide bonds. The van der Waals surface area contributed by atoms with Crippen molar-refractivity contribution < 1.29 is 9.90 Å². The first-order chi connectivity index (χ1) is 9.71. The molecule has 2 aromatic rings. The van der Waals surface area contributed by atoms with E-state index in [2.05, 4.69) is 5.10 Å². The molecule has 5 nitrogen and oxygen atoms in total. The lowest BCUT2D eigenvalue weighted by molar-refractivity contribution is -0.136. The summed E-state index contributed by atoms with van der Waals surface area (Å²) in [5, 5.41) is 12.5. The van der Waals surface area contributed by atoms with Crippen molar-refractivity contribution in [3.05, 3.63) is 50.9 Å². The zero-order chi connectivity index (χ0) is 15.8. The molecule has 0 saturated carbocycles. The molecule has 0 unspecified atom stereocenters. The molecule has 1 aromatic heterocycles. The number of halogens is 1. The molecule has 0 aliphatic rings. The van der Waals surface area contributed by atoms with Gasteiger partial charge in [-0.25, -0.2) is 4.68 Å². The van der Waals surface area contributed by atoms with Crippen molar-refractivity contribution in [2.45, 2.75) is 32.6 Å². The van der Waals surface area contributed by atoms with Crippen molar-refractivity contribution in [1.82, 2.24) is 9.78 Å². The zero-order valence-electron chi connectivity index (χ0n) is 12.1. The molecule has 1 heterocycles. The van der Waals surface area contributed by atoms with Crippen molar-refractivity contribution in [3.8, 4) is 5.69 Å². The highest BCUT2D eigenvalue weighted by Gasteiger charge is 2.26. The molecular weight excluding hydrogens is 292 g/mol. The van der Waals surface area contributed by atoms with Gasteiger partial charge < -0.3 is 5.11 Å². The van der Waals surface area contributed by atoms with E-state index in [1.54, 1.807) is 24.3 Å². The second-order valence-corrected chi connectivity index (χ2v) is 6.29. The van der Waals surface area contributed by atoms with Crippen LogP contribution in [0.5, 0.6) is 0 Å². The van der Waals surface area contributed by atoms with E-state index >= 15 is 0 Å². The van der Waals surface area contributed by atoms with Crippen LogP contribution in [-0.2, 0) is 16.6 Å². The maximum atomic E-state index is 12.5. The summed E-state index contributed by atoms with van der Waals surface area (Å²) in [6, 6.07) is 6.92. The number of carboxylic acids is 1. The van der Waals surface area contributed by atoms with Crippen LogP contribution >= 0.6 is 11.6 Å². The Hall–Kier alpha value is -2.01. The van der Waals surface area contributed by atoms with E-state index in [0.29, 0.717) is 16.4 Å². The summed E-state index contributed by atoms with van der Waals surface area (Å²) in [6.45, 7) is 5.75. The van der Waals surface area contributed by atoms with Crippen LogP contribution in [0.4, 0.5) is 0 Å². The summed E-state index contributed by atoms with van der Waals surface area (Å²) in [5.41, 5.74) is 0.614. The van der Waals surface area contributed by atoms with Gasteiger partial charge in [-0.05, 0) is 12.1 Å². The molecule has 0 aliphatic carbocycles. The average molecular weight is 309 g/mol. The van der Waals surface area contributed by atoms with Crippen LogP contribution in [0.2, 0.25) is 5.02 Å². The second kappa shape index (κ2) is 5.41. The molecule has 2 N–H and O–H groups in total. The predicted octanol–water partition coefficient (Wildman–Crippen LogP) is 2.74. The highest BCUT2D eigenvalue weighted by molar-refractivity contribution is 6.32. The maximum Gasteiger partial charge on any atom is 0.308 e. The van der Waals surface area contributed by atoms with E-state index in [1.807, 2.05) is 20.8 Å². The minimum Gasteiger partial charge on any atom is -0.481 e. The summed E-state index contributed by atoms with van der Waals surface area (Å²) < 4.78 is 1.31. The number of carbonyl (C=O) groups is 1. The number of aromatic amines is 1. The Morgan fingerprint density at radius 3 is 2.48 bits per heavy atom. The highest BCUT2D eigenvalue weighted by atomic mass is 35.5. The third-order valence-electron chi connectivity index (χ3n) is 3.16. The van der Waals surface area contributed by atoms with Crippen molar-refractivity contribution in [2.24, 2.45) is 0 Å². The van der Waals surface area contributed by atoms with Gasteiger partial charge in [-0.1, -0.05) is 44.5 Å². The van der Waals surface area contributed by atoms with Gasteiger partial charge in [0, 0.05) is 11.1 Å². The lowest BCUT2D eigenvalue weighted by Gasteiger charge is -2.17. The minimum atomic E-state index is -1.04. The van der Waals surface area contributed by atoms with Crippen molar-refractivity contribution in [3.63, 3.8) is 0 Å². The first-order valence-electron chi connectivity index (χ1n) is 6.53. The Morgan fingerprint density at radius 1 is 1.33 bits per heavy atom. The zero-order valence-corrected chi connectivity index (χ0v) is 12.9. The lowest BCUT2D eigenvalue weighted by atomic mass is 9.89. The molecule has 0 atom stereocenters. The van der Waals surface area contributed by atoms with Crippen molar-refractivity contribution in [2.75, 3.05) is 0 Å². The van der Waals surface area contributed by atoms with E-state index in [4.69, 9.17) is 16.7 Å². The number of para-hydroxylation sites is 1. The van der Waals surface area contributed by atoms with Gasteiger partial charge in [0.1, 0.15) is 0 Å². The molecule has 0 fully saturated rings. The predicted molar refractivity (Wildman–Crippen MR) is 81.4 cm³/mol. The Labute approximate surface area is 127 Å². The third-order valence-corrected chi connectivity index (χ3v) is 3.48. The fourth-order valence-corrected chi connectivity index (χ4v) is 2.43. The Morgan fingerprint density at radius 2 is 1.95 bits per heavy atom. The first-order valence-corrected chi connectivity index (χ1v) is 6.90. The SMILES string of the molecule is CC(C)(C)c1[nH]n(-c2ccccc2Cl)c(=O)c1CC(=O)O. The monoisotopic (exact) mass is 308 g/mol. The summed E-state index contributed by atoms with van der Waals surface area (Å²) in [5.74, 6) is -1.04. The summed E-state index contributed by atoms with van der Waals surface area (Å²) in [4.78, 5) is 23.6. The summed E-state index contributed by atoms with van der Waals surface area (Å²) in [7, 11) is 0. The summed E-state index contributed by atoms with van der Waals surface area (Å²) in [6.07, 6.45) is -0.320. The molecule has 6 heteroatoms. The summed E-state index contributed by atoms with van der Waals surface area (Å²) >= 11 is 6.12. The Kier molecular flexibility index (Phi) is 3.96. The molecule has 1 aromatic carbocycles. The topological polar surface area (TPSA) is 75.1 Å². The molecule has 21 heavy (non-hydrogen) atoms. The second-order valence-electron chi connectivity index (χ2n) is 5.88. The standard InChI is InChI=1S/C15H17ClN2O3/c1-15(2,3)13-9(8-12(19)20)14(21)18(17-13)11-7-5-4-6-10(11)16/h4-7,17H,8H2,1-3H3,(H,19,20). The number of hydrogen-bond donors (Lipinski definition) is 2. The number of carboxylic acid groups (broad SMARTS) is 1. The number of nitrogens with one attached hydrogen (secondary N) is 1. The number of benzene rings is 1. The van der Waals surface area contributed by atoms with Gasteiger partial charge in [0.2, 0.25) is 0 Å². The fourth-order valence-electron chi connectivity index (χ4n) is 2.21. The van der Waals surface area contributed by atoms with Gasteiger partial charge in [0.25, 0.3) is 5.56 Å². The van der Waals surface area contributed by atoms with Crippen molar-refractivity contribution in [1.29, 1.82) is 0 Å². The van der Waals surface area contributed by atoms with Gasteiger partial charge in [-0.2, -0.15) is 0 Å². The largest absolute Gasteiger partial charge is 0.481 e. The van der Waals surface area contributed by atoms with Crippen LogP contribution in [0, 0.1) is 0 Å². The molecule has 112 valence electrons. The number of rotatable bonds is 3. The van der Waals surface area contributed by atoms with Gasteiger partial charge in [-0.3, -0.25) is 14.7 Å². The fraction of sp³-hybridized carbons (Fsp3) is 0.333. The maximum absolute atomic E-state index is 12.5. The average Bonchev–Trinajstić information content (AvgIpc) is 2.67. The van der Waals surface area contributed by atoms with E-state index in [9.17, 15) is 9.59 Å². The third kappa shape index (κ3) is 3.03. The molecular formula is C15H17ClN2O3. The van der Waals surface area contributed by atoms with E-state index in [1.165, 1.54) is 4.68 Å². The van der Waals surface area contributed by atoms with E-state index in [-0.39, 0.29) is 23.0 Å². The van der Waals surface area contributed by atoms with E-state index < -0.39 is 5.97 Å². The van der Waals surface area contributed by atoms with Crippen LogP contribution in [0.15, 0.2) is 29.1 Å².